The van der Waals surface area contributed by atoms with Gasteiger partial charge in [0.1, 0.15) is 17.2 Å². The normalized spacial score (nSPS) is 11.4. The molecule has 5 nitrogen and oxygen atoms in total. The number of nitrogens with zero attached hydrogens (tertiary/aromatic N) is 2. The summed E-state index contributed by atoms with van der Waals surface area (Å²) >= 11 is 3.57. The van der Waals surface area contributed by atoms with Crippen molar-refractivity contribution in [3.8, 4) is 11.1 Å². The summed E-state index contributed by atoms with van der Waals surface area (Å²) in [5, 5.41) is 3.67. The Hall–Kier alpha value is -2.34. The van der Waals surface area contributed by atoms with Crippen LogP contribution >= 0.6 is 15.9 Å². The molecular formula is C24H31BrN4O. The Kier molecular flexibility index (Phi) is 6.86. The summed E-state index contributed by atoms with van der Waals surface area (Å²) in [5.74, 6) is 0.414. The number of aromatic nitrogens is 2. The van der Waals surface area contributed by atoms with Crippen molar-refractivity contribution in [3.05, 3.63) is 51.3 Å². The predicted octanol–water partition coefficient (Wildman–Crippen LogP) is 6.17. The molecule has 0 unspecified atom stereocenters. The first-order chi connectivity index (χ1) is 14.3. The topological polar surface area (TPSA) is 72.4 Å². The van der Waals surface area contributed by atoms with E-state index in [4.69, 9.17) is 10.7 Å². The van der Waals surface area contributed by atoms with Gasteiger partial charge in [0.15, 0.2) is 0 Å². The van der Waals surface area contributed by atoms with Crippen molar-refractivity contribution < 1.29 is 4.79 Å². The van der Waals surface area contributed by atoms with Gasteiger partial charge in [0.2, 0.25) is 0 Å². The lowest BCUT2D eigenvalue weighted by Crippen LogP contribution is -2.23. The monoisotopic (exact) mass is 470 g/mol. The van der Waals surface area contributed by atoms with E-state index in [9.17, 15) is 4.79 Å². The summed E-state index contributed by atoms with van der Waals surface area (Å²) < 4.78 is 2.93. The van der Waals surface area contributed by atoms with Crippen LogP contribution in [0.25, 0.3) is 16.8 Å². The first-order valence-electron chi connectivity index (χ1n) is 10.6. The second-order valence-electron chi connectivity index (χ2n) is 8.08. The number of halogens is 1. The number of hydrogen-bond donors (Lipinski definition) is 2. The van der Waals surface area contributed by atoms with Crippen LogP contribution in [0.5, 0.6) is 0 Å². The number of primary amides is 1. The number of carbonyl (C=O) groups is 1. The summed E-state index contributed by atoms with van der Waals surface area (Å²) in [6, 6.07) is 8.40. The number of hydrogen-bond acceptors (Lipinski definition) is 3. The van der Waals surface area contributed by atoms with Crippen LogP contribution in [0.1, 0.15) is 66.8 Å². The summed E-state index contributed by atoms with van der Waals surface area (Å²) in [6.07, 6.45) is 4.34. The van der Waals surface area contributed by atoms with Crippen LogP contribution in [-0.2, 0) is 0 Å². The summed E-state index contributed by atoms with van der Waals surface area (Å²) in [7, 11) is 0. The van der Waals surface area contributed by atoms with E-state index in [1.165, 1.54) is 0 Å². The average Bonchev–Trinajstić information content (AvgIpc) is 3.01. The quantitative estimate of drug-likeness (QED) is 0.413. The summed E-state index contributed by atoms with van der Waals surface area (Å²) in [4.78, 5) is 17.2. The maximum Gasteiger partial charge on any atom is 0.265 e. The van der Waals surface area contributed by atoms with Crippen molar-refractivity contribution in [2.45, 2.75) is 66.3 Å². The second kappa shape index (κ2) is 9.21. The van der Waals surface area contributed by atoms with E-state index in [-0.39, 0.29) is 0 Å². The van der Waals surface area contributed by atoms with Gasteiger partial charge in [-0.15, -0.1) is 0 Å². The molecule has 3 rings (SSSR count). The molecule has 2 aromatic heterocycles. The van der Waals surface area contributed by atoms with Crippen molar-refractivity contribution in [3.63, 3.8) is 0 Å². The molecule has 30 heavy (non-hydrogen) atoms. The van der Waals surface area contributed by atoms with Crippen LogP contribution < -0.4 is 11.1 Å². The largest absolute Gasteiger partial charge is 0.368 e. The Balaban J connectivity index is 2.28. The lowest BCUT2D eigenvalue weighted by atomic mass is 9.97. The fourth-order valence-corrected chi connectivity index (χ4v) is 5.00. The molecule has 0 spiro atoms. The fraction of sp³-hybridized carbons (Fsp3) is 0.417. The SMILES string of the molecule is CCCC(CCC)Nc1cc(C)nc2c(-c3c(C)cc(Br)cc3C)cc(C(N)=O)n12. The molecule has 6 heteroatoms. The summed E-state index contributed by atoms with van der Waals surface area (Å²) in [5.41, 5.74) is 12.2. The Morgan fingerprint density at radius 2 is 1.70 bits per heavy atom. The minimum absolute atomic E-state index is 0.340. The smallest absolute Gasteiger partial charge is 0.265 e. The van der Waals surface area contributed by atoms with Crippen molar-refractivity contribution >= 4 is 33.3 Å². The van der Waals surface area contributed by atoms with Gasteiger partial charge in [-0.05, 0) is 68.5 Å². The molecule has 1 aromatic carbocycles. The van der Waals surface area contributed by atoms with Gasteiger partial charge < -0.3 is 11.1 Å². The highest BCUT2D eigenvalue weighted by molar-refractivity contribution is 9.10. The molecule has 3 N–H and O–H groups in total. The molecule has 0 saturated carbocycles. The van der Waals surface area contributed by atoms with Crippen LogP contribution in [0, 0.1) is 20.8 Å². The molecule has 0 atom stereocenters. The number of carbonyl (C=O) groups excluding carboxylic acids is 1. The minimum atomic E-state index is -0.458. The van der Waals surface area contributed by atoms with E-state index in [2.05, 4.69) is 61.1 Å². The van der Waals surface area contributed by atoms with Crippen LogP contribution in [-0.4, -0.2) is 21.3 Å². The molecule has 0 aliphatic rings. The van der Waals surface area contributed by atoms with Gasteiger partial charge >= 0.3 is 0 Å². The molecule has 160 valence electrons. The maximum atomic E-state index is 12.4. The molecule has 3 aromatic rings. The number of anilines is 1. The Bertz CT molecular complexity index is 1060. The average molecular weight is 471 g/mol. The zero-order chi connectivity index (χ0) is 22.0. The molecule has 0 aliphatic heterocycles. The summed E-state index contributed by atoms with van der Waals surface area (Å²) in [6.45, 7) is 10.5. The molecule has 0 bridgehead atoms. The van der Waals surface area contributed by atoms with Gasteiger partial charge in [-0.1, -0.05) is 42.6 Å². The van der Waals surface area contributed by atoms with Crippen LogP contribution in [0.2, 0.25) is 0 Å². The van der Waals surface area contributed by atoms with Gasteiger partial charge in [-0.2, -0.15) is 0 Å². The lowest BCUT2D eigenvalue weighted by molar-refractivity contribution is 0.0995. The van der Waals surface area contributed by atoms with E-state index < -0.39 is 5.91 Å². The molecule has 0 fully saturated rings. The lowest BCUT2D eigenvalue weighted by Gasteiger charge is -2.21. The van der Waals surface area contributed by atoms with Gasteiger partial charge in [0.25, 0.3) is 5.91 Å². The number of amides is 1. The van der Waals surface area contributed by atoms with Crippen molar-refractivity contribution in [1.29, 1.82) is 0 Å². The highest BCUT2D eigenvalue weighted by Gasteiger charge is 2.22. The highest BCUT2D eigenvalue weighted by Crippen LogP contribution is 2.36. The molecular weight excluding hydrogens is 440 g/mol. The number of fused-ring (bicyclic) bond motifs is 1. The Morgan fingerprint density at radius 1 is 1.10 bits per heavy atom. The molecule has 0 radical (unpaired) electrons. The molecule has 0 saturated heterocycles. The third-order valence-corrected chi connectivity index (χ3v) is 5.95. The van der Waals surface area contributed by atoms with Crippen LogP contribution in [0.15, 0.2) is 28.7 Å². The minimum Gasteiger partial charge on any atom is -0.368 e. The standard InChI is InChI=1S/C24H31BrN4O/c1-6-8-18(9-7-2)28-21-12-16(5)27-24-19(13-20(23(26)30)29(21)24)22-14(3)10-17(25)11-15(22)4/h10-13,18,28H,6-9H2,1-5H3,(H2,26,30). The third kappa shape index (κ3) is 4.38. The Morgan fingerprint density at radius 3 is 2.23 bits per heavy atom. The van der Waals surface area contributed by atoms with Crippen LogP contribution in [0.3, 0.4) is 0 Å². The molecule has 1 amide bonds. The third-order valence-electron chi connectivity index (χ3n) is 5.49. The number of aryl methyl sites for hydroxylation is 3. The van der Waals surface area contributed by atoms with Gasteiger partial charge in [-0.25, -0.2) is 4.98 Å². The first-order valence-corrected chi connectivity index (χ1v) is 11.4. The first kappa shape index (κ1) is 22.3. The van der Waals surface area contributed by atoms with E-state index in [0.717, 1.165) is 69.6 Å². The van der Waals surface area contributed by atoms with Crippen molar-refractivity contribution in [2.24, 2.45) is 5.73 Å². The molecule has 2 heterocycles. The number of rotatable bonds is 8. The van der Waals surface area contributed by atoms with E-state index in [1.54, 1.807) is 0 Å². The van der Waals surface area contributed by atoms with Gasteiger partial charge in [0.05, 0.1) is 0 Å². The number of benzene rings is 1. The zero-order valence-electron chi connectivity index (χ0n) is 18.5. The second-order valence-corrected chi connectivity index (χ2v) is 9.00. The predicted molar refractivity (Wildman–Crippen MR) is 128 cm³/mol. The van der Waals surface area contributed by atoms with Crippen molar-refractivity contribution in [2.75, 3.05) is 5.32 Å². The zero-order valence-corrected chi connectivity index (χ0v) is 20.1. The van der Waals surface area contributed by atoms with Gasteiger partial charge in [0, 0.05) is 27.8 Å². The van der Waals surface area contributed by atoms with E-state index >= 15 is 0 Å². The molecule has 0 aliphatic carbocycles. The Labute approximate surface area is 187 Å². The fourth-order valence-electron chi connectivity index (χ4n) is 4.32. The maximum absolute atomic E-state index is 12.4. The van der Waals surface area contributed by atoms with E-state index in [1.807, 2.05) is 23.5 Å². The van der Waals surface area contributed by atoms with Crippen molar-refractivity contribution in [1.82, 2.24) is 9.38 Å². The van der Waals surface area contributed by atoms with Gasteiger partial charge in [-0.3, -0.25) is 9.20 Å². The number of nitrogens with one attached hydrogen (secondary N) is 1. The number of nitrogens with two attached hydrogens (primary N) is 1. The van der Waals surface area contributed by atoms with Crippen LogP contribution in [0.4, 0.5) is 5.82 Å². The highest BCUT2D eigenvalue weighted by atomic mass is 79.9. The van der Waals surface area contributed by atoms with E-state index in [0.29, 0.717) is 11.7 Å².